The van der Waals surface area contributed by atoms with Gasteiger partial charge in [-0.25, -0.2) is 0 Å². The third-order valence-corrected chi connectivity index (χ3v) is 4.22. The molecule has 0 aliphatic carbocycles. The largest absolute Gasteiger partial charge is 0.352 e. The molecule has 3 rings (SSSR count). The van der Waals surface area contributed by atoms with Crippen molar-refractivity contribution in [2.45, 2.75) is 44.6 Å². The third kappa shape index (κ3) is 3.83. The van der Waals surface area contributed by atoms with Crippen LogP contribution in [0.1, 0.15) is 49.1 Å². The Balaban J connectivity index is 1.51. The second-order valence-corrected chi connectivity index (χ2v) is 5.90. The summed E-state index contributed by atoms with van der Waals surface area (Å²) in [6.07, 6.45) is 6.30. The fraction of sp³-hybridized carbons (Fsp3) is 0.444. The first-order valence-electron chi connectivity index (χ1n) is 8.11. The van der Waals surface area contributed by atoms with E-state index in [1.54, 1.807) is 6.07 Å². The summed E-state index contributed by atoms with van der Waals surface area (Å²) in [5.74, 6) is 0.418. The smallest absolute Gasteiger partial charge is 0.203 e. The van der Waals surface area contributed by atoms with Crippen LogP contribution in [0.25, 0.3) is 11.3 Å². The van der Waals surface area contributed by atoms with E-state index in [0.29, 0.717) is 18.2 Å². The van der Waals surface area contributed by atoms with Crippen LogP contribution < -0.4 is 5.32 Å². The van der Waals surface area contributed by atoms with Gasteiger partial charge >= 0.3 is 0 Å². The highest BCUT2D eigenvalue weighted by Crippen LogP contribution is 2.20. The molecule has 1 unspecified atom stereocenters. The highest BCUT2D eigenvalue weighted by molar-refractivity contribution is 5.94. The molecule has 1 atom stereocenters. The topological polar surface area (TPSA) is 55.1 Å². The maximum absolute atomic E-state index is 12.2. The van der Waals surface area contributed by atoms with Crippen LogP contribution in [0.2, 0.25) is 0 Å². The van der Waals surface area contributed by atoms with Crippen molar-refractivity contribution >= 4 is 5.78 Å². The van der Waals surface area contributed by atoms with Crippen LogP contribution >= 0.6 is 0 Å². The lowest BCUT2D eigenvalue weighted by molar-refractivity contribution is 0.0942. The highest BCUT2D eigenvalue weighted by atomic mass is 16.5. The molecule has 1 aliphatic heterocycles. The number of nitrogens with zero attached hydrogens (tertiary/aromatic N) is 1. The minimum absolute atomic E-state index is 0.0468. The van der Waals surface area contributed by atoms with Crippen molar-refractivity contribution in [1.82, 2.24) is 10.5 Å². The summed E-state index contributed by atoms with van der Waals surface area (Å²) < 4.78 is 5.21. The van der Waals surface area contributed by atoms with Gasteiger partial charge in [-0.15, -0.1) is 0 Å². The molecule has 4 heteroatoms. The fourth-order valence-electron chi connectivity index (χ4n) is 2.95. The third-order valence-electron chi connectivity index (χ3n) is 4.22. The number of nitrogens with one attached hydrogen (secondary N) is 1. The summed E-state index contributed by atoms with van der Waals surface area (Å²) in [4.78, 5) is 12.2. The molecule has 22 heavy (non-hydrogen) atoms. The maximum Gasteiger partial charge on any atom is 0.203 e. The van der Waals surface area contributed by atoms with E-state index in [4.69, 9.17) is 4.52 Å². The van der Waals surface area contributed by atoms with Crippen LogP contribution in [0, 0.1) is 0 Å². The van der Waals surface area contributed by atoms with Crippen molar-refractivity contribution in [1.29, 1.82) is 0 Å². The summed E-state index contributed by atoms with van der Waals surface area (Å²) >= 11 is 0. The molecule has 1 saturated heterocycles. The lowest BCUT2D eigenvalue weighted by Crippen LogP contribution is -2.33. The molecule has 0 spiro atoms. The number of carbonyl (C=O) groups excluding carboxylic acids is 1. The van der Waals surface area contributed by atoms with Crippen LogP contribution in [0.4, 0.5) is 0 Å². The van der Waals surface area contributed by atoms with E-state index in [2.05, 4.69) is 10.5 Å². The van der Waals surface area contributed by atoms with Crippen LogP contribution in [0.3, 0.4) is 0 Å². The van der Waals surface area contributed by atoms with Gasteiger partial charge in [-0.05, 0) is 32.2 Å². The molecule has 0 radical (unpaired) electrons. The Morgan fingerprint density at radius 3 is 2.91 bits per heavy atom. The number of Topliss-reactive ketones (excluding diaryl/α,β-unsaturated/α-hetero) is 1. The van der Waals surface area contributed by atoms with Gasteiger partial charge in [0.25, 0.3) is 0 Å². The molecule has 1 aliphatic rings. The number of hydrogen-bond donors (Lipinski definition) is 1. The number of aromatic nitrogens is 1. The average molecular weight is 298 g/mol. The van der Waals surface area contributed by atoms with E-state index in [1.165, 1.54) is 19.3 Å². The number of hydrogen-bond acceptors (Lipinski definition) is 4. The molecule has 1 N–H and O–H groups in total. The van der Waals surface area contributed by atoms with Gasteiger partial charge in [0.1, 0.15) is 5.69 Å². The Bertz CT molecular complexity index is 601. The summed E-state index contributed by atoms with van der Waals surface area (Å²) in [6, 6.07) is 12.1. The van der Waals surface area contributed by atoms with Gasteiger partial charge in [-0.1, -0.05) is 41.9 Å². The summed E-state index contributed by atoms with van der Waals surface area (Å²) in [5, 5.41) is 7.51. The Kier molecular flexibility index (Phi) is 5.01. The molecule has 116 valence electrons. The number of carbonyl (C=O) groups is 1. The van der Waals surface area contributed by atoms with Gasteiger partial charge < -0.3 is 9.84 Å². The minimum Gasteiger partial charge on any atom is -0.352 e. The molecule has 1 aromatic heterocycles. The summed E-state index contributed by atoms with van der Waals surface area (Å²) in [7, 11) is 0. The molecule has 2 heterocycles. The number of benzene rings is 1. The Hall–Kier alpha value is -1.94. The molecule has 2 aromatic rings. The minimum atomic E-state index is 0.0468. The van der Waals surface area contributed by atoms with Crippen LogP contribution in [-0.4, -0.2) is 23.5 Å². The molecule has 0 bridgehead atoms. The van der Waals surface area contributed by atoms with E-state index in [-0.39, 0.29) is 5.78 Å². The Morgan fingerprint density at radius 1 is 1.27 bits per heavy atom. The Morgan fingerprint density at radius 2 is 2.14 bits per heavy atom. The number of piperidine rings is 1. The molecular formula is C18H22N2O2. The molecule has 1 aromatic carbocycles. The molecule has 0 amide bonds. The van der Waals surface area contributed by atoms with Crippen molar-refractivity contribution in [3.05, 3.63) is 42.2 Å². The number of ketones is 1. The van der Waals surface area contributed by atoms with E-state index in [9.17, 15) is 4.79 Å². The van der Waals surface area contributed by atoms with Crippen molar-refractivity contribution in [3.8, 4) is 11.3 Å². The maximum atomic E-state index is 12.2. The zero-order chi connectivity index (χ0) is 15.2. The van der Waals surface area contributed by atoms with Gasteiger partial charge in [0.05, 0.1) is 0 Å². The van der Waals surface area contributed by atoms with Crippen molar-refractivity contribution in [2.24, 2.45) is 0 Å². The van der Waals surface area contributed by atoms with Gasteiger partial charge in [-0.3, -0.25) is 4.79 Å². The van der Waals surface area contributed by atoms with Crippen LogP contribution in [-0.2, 0) is 0 Å². The first-order valence-corrected chi connectivity index (χ1v) is 8.11. The van der Waals surface area contributed by atoms with Gasteiger partial charge in [0.2, 0.25) is 11.5 Å². The summed E-state index contributed by atoms with van der Waals surface area (Å²) in [5.41, 5.74) is 1.69. The average Bonchev–Trinajstić information content (AvgIpc) is 3.07. The van der Waals surface area contributed by atoms with Crippen LogP contribution in [0.15, 0.2) is 40.9 Å². The highest BCUT2D eigenvalue weighted by Gasteiger charge is 2.16. The molecule has 1 fully saturated rings. The SMILES string of the molecule is O=C(CCCC1CCCCN1)c1cc(-c2ccccc2)no1. The van der Waals surface area contributed by atoms with E-state index >= 15 is 0 Å². The van der Waals surface area contributed by atoms with Gasteiger partial charge in [0.15, 0.2) is 0 Å². The Labute approximate surface area is 130 Å². The second kappa shape index (κ2) is 7.36. The van der Waals surface area contributed by atoms with E-state index < -0.39 is 0 Å². The standard InChI is InChI=1S/C18H22N2O2/c21-17(11-6-10-15-9-4-5-12-19-15)18-13-16(20-22-18)14-7-2-1-3-8-14/h1-3,7-8,13,15,19H,4-6,9-12H2. The predicted molar refractivity (Wildman–Crippen MR) is 85.8 cm³/mol. The monoisotopic (exact) mass is 298 g/mol. The second-order valence-electron chi connectivity index (χ2n) is 5.90. The van der Waals surface area contributed by atoms with E-state index in [0.717, 1.165) is 30.6 Å². The van der Waals surface area contributed by atoms with E-state index in [1.807, 2.05) is 30.3 Å². The van der Waals surface area contributed by atoms with Crippen molar-refractivity contribution in [2.75, 3.05) is 6.54 Å². The van der Waals surface area contributed by atoms with Crippen molar-refractivity contribution in [3.63, 3.8) is 0 Å². The lowest BCUT2D eigenvalue weighted by Gasteiger charge is -2.23. The first-order chi connectivity index (χ1) is 10.8. The molecular weight excluding hydrogens is 276 g/mol. The predicted octanol–water partition coefficient (Wildman–Crippen LogP) is 3.84. The quantitative estimate of drug-likeness (QED) is 0.823. The normalized spacial score (nSPS) is 18.3. The fourth-order valence-corrected chi connectivity index (χ4v) is 2.95. The lowest BCUT2D eigenvalue weighted by atomic mass is 9.98. The summed E-state index contributed by atoms with van der Waals surface area (Å²) in [6.45, 7) is 1.11. The van der Waals surface area contributed by atoms with Gasteiger partial charge in [0, 0.05) is 24.1 Å². The van der Waals surface area contributed by atoms with Crippen LogP contribution in [0.5, 0.6) is 0 Å². The molecule has 0 saturated carbocycles. The zero-order valence-electron chi connectivity index (χ0n) is 12.8. The van der Waals surface area contributed by atoms with Crippen molar-refractivity contribution < 1.29 is 9.32 Å². The zero-order valence-corrected chi connectivity index (χ0v) is 12.8. The molecule has 4 nitrogen and oxygen atoms in total. The van der Waals surface area contributed by atoms with Gasteiger partial charge in [-0.2, -0.15) is 0 Å². The number of rotatable bonds is 6. The first kappa shape index (κ1) is 15.0.